The van der Waals surface area contributed by atoms with E-state index in [0.717, 1.165) is 21.2 Å². The second-order valence-corrected chi connectivity index (χ2v) is 8.44. The molecule has 192 valence electrons. The van der Waals surface area contributed by atoms with Gasteiger partial charge in [-0.05, 0) is 40.6 Å². The van der Waals surface area contributed by atoms with E-state index in [1.165, 1.54) is 26.4 Å². The van der Waals surface area contributed by atoms with E-state index >= 15 is 0 Å². The number of esters is 1. The Hall–Kier alpha value is -5.05. The normalized spacial score (nSPS) is 14.2. The minimum absolute atomic E-state index is 0.0188. The SMILES string of the molecule is COC(=O)c1ccc(CN2C(=O)N/C(=C\c3cccc(OC)c3OCc3cccc4ccccc34)C2=O)o1. The van der Waals surface area contributed by atoms with E-state index < -0.39 is 17.9 Å². The van der Waals surface area contributed by atoms with Crippen LogP contribution in [0.5, 0.6) is 11.5 Å². The van der Waals surface area contributed by atoms with Crippen LogP contribution < -0.4 is 14.8 Å². The molecule has 0 atom stereocenters. The Labute approximate surface area is 218 Å². The number of carbonyl (C=O) groups is 3. The van der Waals surface area contributed by atoms with Gasteiger partial charge in [-0.3, -0.25) is 9.69 Å². The van der Waals surface area contributed by atoms with Crippen molar-refractivity contribution in [2.24, 2.45) is 0 Å². The summed E-state index contributed by atoms with van der Waals surface area (Å²) >= 11 is 0. The van der Waals surface area contributed by atoms with Gasteiger partial charge >= 0.3 is 12.0 Å². The van der Waals surface area contributed by atoms with Crippen LogP contribution >= 0.6 is 0 Å². The van der Waals surface area contributed by atoms with Crippen LogP contribution in [0.1, 0.15) is 27.4 Å². The molecule has 9 heteroatoms. The Bertz CT molecular complexity index is 1560. The minimum atomic E-state index is -0.650. The van der Waals surface area contributed by atoms with E-state index in [9.17, 15) is 14.4 Å². The predicted molar refractivity (Wildman–Crippen MR) is 138 cm³/mol. The lowest BCUT2D eigenvalue weighted by Gasteiger charge is -2.15. The number of nitrogens with one attached hydrogen (secondary N) is 1. The first-order valence-electron chi connectivity index (χ1n) is 11.8. The molecule has 2 heterocycles. The van der Waals surface area contributed by atoms with Crippen molar-refractivity contribution >= 4 is 34.8 Å². The highest BCUT2D eigenvalue weighted by Gasteiger charge is 2.34. The molecule has 9 nitrogen and oxygen atoms in total. The first-order valence-corrected chi connectivity index (χ1v) is 11.8. The van der Waals surface area contributed by atoms with Crippen LogP contribution in [0.15, 0.2) is 82.9 Å². The van der Waals surface area contributed by atoms with E-state index in [1.807, 2.05) is 42.5 Å². The van der Waals surface area contributed by atoms with Crippen molar-refractivity contribution < 1.29 is 33.0 Å². The molecule has 1 fully saturated rings. The van der Waals surface area contributed by atoms with Crippen molar-refractivity contribution in [1.29, 1.82) is 0 Å². The number of rotatable bonds is 8. The lowest BCUT2D eigenvalue weighted by atomic mass is 10.1. The average Bonchev–Trinajstić information content (AvgIpc) is 3.52. The molecule has 4 aromatic rings. The molecular formula is C29H24N2O7. The van der Waals surface area contributed by atoms with Gasteiger partial charge in [-0.15, -0.1) is 0 Å². The summed E-state index contributed by atoms with van der Waals surface area (Å²) in [4.78, 5) is 38.3. The number of hydrogen-bond donors (Lipinski definition) is 1. The van der Waals surface area contributed by atoms with Crippen molar-refractivity contribution in [3.8, 4) is 11.5 Å². The standard InChI is InChI=1S/C29H24N2O7/c1-35-24-12-6-9-19(26(24)37-17-20-10-5-8-18-7-3-4-11-22(18)20)15-23-27(32)31(29(34)30-23)16-21-13-14-25(38-21)28(33)36-2/h3-15H,16-17H2,1-2H3,(H,30,34)/b23-15-. The van der Waals surface area contributed by atoms with Crippen molar-refractivity contribution in [2.75, 3.05) is 14.2 Å². The average molecular weight is 513 g/mol. The van der Waals surface area contributed by atoms with Crippen molar-refractivity contribution in [2.45, 2.75) is 13.2 Å². The highest BCUT2D eigenvalue weighted by molar-refractivity contribution is 6.14. The Balaban J connectivity index is 1.39. The number of imide groups is 1. The summed E-state index contributed by atoms with van der Waals surface area (Å²) in [6, 6.07) is 21.7. The molecule has 1 saturated heterocycles. The number of nitrogens with zero attached hydrogens (tertiary/aromatic N) is 1. The van der Waals surface area contributed by atoms with Gasteiger partial charge in [0.15, 0.2) is 11.5 Å². The molecule has 0 radical (unpaired) electrons. The third kappa shape index (κ3) is 4.81. The number of fused-ring (bicyclic) bond motifs is 1. The molecule has 1 aromatic heterocycles. The van der Waals surface area contributed by atoms with Crippen LogP contribution in [-0.2, 0) is 22.7 Å². The minimum Gasteiger partial charge on any atom is -0.493 e. The van der Waals surface area contributed by atoms with Gasteiger partial charge in [-0.2, -0.15) is 0 Å². The summed E-state index contributed by atoms with van der Waals surface area (Å²) in [7, 11) is 2.77. The van der Waals surface area contributed by atoms with Crippen LogP contribution in [-0.4, -0.2) is 37.0 Å². The molecule has 0 saturated carbocycles. The number of hydrogen-bond acceptors (Lipinski definition) is 7. The number of urea groups is 1. The smallest absolute Gasteiger partial charge is 0.373 e. The molecule has 38 heavy (non-hydrogen) atoms. The van der Waals surface area contributed by atoms with Gasteiger partial charge in [0, 0.05) is 5.56 Å². The van der Waals surface area contributed by atoms with Gasteiger partial charge in [-0.1, -0.05) is 54.6 Å². The number of methoxy groups -OCH3 is 2. The zero-order chi connectivity index (χ0) is 26.6. The molecule has 1 N–H and O–H groups in total. The molecule has 5 rings (SSSR count). The maximum atomic E-state index is 13.1. The molecule has 1 aliphatic heterocycles. The summed E-state index contributed by atoms with van der Waals surface area (Å²) in [5.74, 6) is -0.0360. The van der Waals surface area contributed by atoms with Gasteiger partial charge < -0.3 is 23.9 Å². The van der Waals surface area contributed by atoms with Crippen molar-refractivity contribution in [1.82, 2.24) is 10.2 Å². The Morgan fingerprint density at radius 2 is 1.76 bits per heavy atom. The van der Waals surface area contributed by atoms with Crippen LogP contribution in [0.2, 0.25) is 0 Å². The molecule has 3 aromatic carbocycles. The maximum Gasteiger partial charge on any atom is 0.373 e. The fourth-order valence-electron chi connectivity index (χ4n) is 4.23. The third-order valence-electron chi connectivity index (χ3n) is 6.11. The lowest BCUT2D eigenvalue weighted by Crippen LogP contribution is -2.30. The highest BCUT2D eigenvalue weighted by Crippen LogP contribution is 2.34. The summed E-state index contributed by atoms with van der Waals surface area (Å²) in [6.07, 6.45) is 1.54. The van der Waals surface area contributed by atoms with Gasteiger partial charge in [0.1, 0.15) is 18.1 Å². The predicted octanol–water partition coefficient (Wildman–Crippen LogP) is 4.90. The Morgan fingerprint density at radius 1 is 0.974 bits per heavy atom. The summed E-state index contributed by atoms with van der Waals surface area (Å²) in [6.45, 7) is 0.118. The molecule has 3 amide bonds. The van der Waals surface area contributed by atoms with E-state index in [1.54, 1.807) is 24.3 Å². The molecular weight excluding hydrogens is 488 g/mol. The second kappa shape index (κ2) is 10.5. The van der Waals surface area contributed by atoms with Crippen LogP contribution in [0, 0.1) is 0 Å². The zero-order valence-electron chi connectivity index (χ0n) is 20.7. The highest BCUT2D eigenvalue weighted by atomic mass is 16.5. The van der Waals surface area contributed by atoms with Crippen LogP contribution in [0.25, 0.3) is 16.8 Å². The molecule has 0 bridgehead atoms. The number of carbonyl (C=O) groups excluding carboxylic acids is 3. The quantitative estimate of drug-likeness (QED) is 0.203. The van der Waals surface area contributed by atoms with Gasteiger partial charge in [0.05, 0.1) is 20.8 Å². The number of amides is 3. The zero-order valence-corrected chi connectivity index (χ0v) is 20.7. The monoisotopic (exact) mass is 512 g/mol. The number of benzene rings is 3. The van der Waals surface area contributed by atoms with Gasteiger partial charge in [-0.25, -0.2) is 9.59 Å². The first-order chi connectivity index (χ1) is 18.5. The lowest BCUT2D eigenvalue weighted by molar-refractivity contribution is -0.123. The summed E-state index contributed by atoms with van der Waals surface area (Å²) < 4.78 is 21.8. The second-order valence-electron chi connectivity index (χ2n) is 8.44. The van der Waals surface area contributed by atoms with Crippen molar-refractivity contribution in [3.63, 3.8) is 0 Å². The van der Waals surface area contributed by atoms with E-state index in [0.29, 0.717) is 17.1 Å². The summed E-state index contributed by atoms with van der Waals surface area (Å²) in [5, 5.41) is 4.77. The Kier molecular flexibility index (Phi) is 6.82. The fourth-order valence-corrected chi connectivity index (χ4v) is 4.23. The van der Waals surface area contributed by atoms with E-state index in [-0.39, 0.29) is 30.4 Å². The molecule has 1 aliphatic rings. The topological polar surface area (TPSA) is 107 Å². The maximum absolute atomic E-state index is 13.1. The molecule has 0 aliphatic carbocycles. The fraction of sp³-hybridized carbons (Fsp3) is 0.138. The Morgan fingerprint density at radius 3 is 2.58 bits per heavy atom. The van der Waals surface area contributed by atoms with Gasteiger partial charge in [0.2, 0.25) is 5.76 Å². The van der Waals surface area contributed by atoms with E-state index in [2.05, 4.69) is 10.1 Å². The van der Waals surface area contributed by atoms with Crippen LogP contribution in [0.4, 0.5) is 4.79 Å². The summed E-state index contributed by atoms with van der Waals surface area (Å²) in [5.41, 5.74) is 1.62. The van der Waals surface area contributed by atoms with Crippen molar-refractivity contribution in [3.05, 3.63) is 101 Å². The largest absolute Gasteiger partial charge is 0.493 e. The van der Waals surface area contributed by atoms with E-state index in [4.69, 9.17) is 13.9 Å². The first kappa shape index (κ1) is 24.6. The molecule has 0 spiro atoms. The number of para-hydroxylation sites is 1. The molecule has 0 unspecified atom stereocenters. The van der Waals surface area contributed by atoms with Crippen LogP contribution in [0.3, 0.4) is 0 Å². The van der Waals surface area contributed by atoms with Gasteiger partial charge in [0.25, 0.3) is 5.91 Å². The third-order valence-corrected chi connectivity index (χ3v) is 6.11. The number of furan rings is 1. The number of ether oxygens (including phenoxy) is 3.